The molecule has 5 heteroatoms. The first-order valence-electron chi connectivity index (χ1n) is 5.64. The Morgan fingerprint density at radius 3 is 2.69 bits per heavy atom. The van der Waals surface area contributed by atoms with E-state index in [2.05, 4.69) is 0 Å². The minimum Gasteiger partial charge on any atom is -0.444 e. The monoisotopic (exact) mass is 229 g/mol. The standard InChI is InChI=1S/C11H19NO4/c1-11(2,3)16-10(14)12-4-7-8(13)6-15-9(7)5-12/h7-9,13H,4-6H2,1-3H3/t7-,8?,9?/m1/s1. The molecule has 2 aliphatic heterocycles. The zero-order valence-electron chi connectivity index (χ0n) is 9.97. The van der Waals surface area contributed by atoms with Gasteiger partial charge in [-0.05, 0) is 20.8 Å². The van der Waals surface area contributed by atoms with E-state index >= 15 is 0 Å². The van der Waals surface area contributed by atoms with Gasteiger partial charge in [0.2, 0.25) is 0 Å². The summed E-state index contributed by atoms with van der Waals surface area (Å²) >= 11 is 0. The van der Waals surface area contributed by atoms with Crippen LogP contribution in [0.3, 0.4) is 0 Å². The highest BCUT2D eigenvalue weighted by Crippen LogP contribution is 2.30. The number of amides is 1. The van der Waals surface area contributed by atoms with E-state index in [4.69, 9.17) is 9.47 Å². The van der Waals surface area contributed by atoms with Crippen molar-refractivity contribution in [3.05, 3.63) is 0 Å². The van der Waals surface area contributed by atoms with Crippen molar-refractivity contribution in [3.8, 4) is 0 Å². The predicted octanol–water partition coefficient (Wildman–Crippen LogP) is 0.613. The van der Waals surface area contributed by atoms with E-state index in [1.165, 1.54) is 0 Å². The SMILES string of the molecule is CC(C)(C)OC(=O)N1CC2OCC(O)[C@H]2C1. The molecule has 92 valence electrons. The Morgan fingerprint density at radius 1 is 1.44 bits per heavy atom. The summed E-state index contributed by atoms with van der Waals surface area (Å²) in [6.07, 6.45) is -0.794. The Balaban J connectivity index is 1.92. The summed E-state index contributed by atoms with van der Waals surface area (Å²) < 4.78 is 10.7. The summed E-state index contributed by atoms with van der Waals surface area (Å²) in [6, 6.07) is 0. The van der Waals surface area contributed by atoms with Gasteiger partial charge in [-0.25, -0.2) is 4.79 Å². The van der Waals surface area contributed by atoms with Crippen molar-refractivity contribution in [2.24, 2.45) is 5.92 Å². The van der Waals surface area contributed by atoms with Crippen LogP contribution in [0, 0.1) is 5.92 Å². The Hall–Kier alpha value is -0.810. The van der Waals surface area contributed by atoms with Gasteiger partial charge in [-0.15, -0.1) is 0 Å². The van der Waals surface area contributed by atoms with Crippen molar-refractivity contribution in [2.45, 2.75) is 38.6 Å². The van der Waals surface area contributed by atoms with Crippen molar-refractivity contribution in [2.75, 3.05) is 19.7 Å². The summed E-state index contributed by atoms with van der Waals surface area (Å²) in [6.45, 7) is 6.96. The van der Waals surface area contributed by atoms with Crippen LogP contribution in [0.15, 0.2) is 0 Å². The number of nitrogens with zero attached hydrogens (tertiary/aromatic N) is 1. The van der Waals surface area contributed by atoms with E-state index in [1.54, 1.807) is 4.90 Å². The minimum absolute atomic E-state index is 0.0254. The van der Waals surface area contributed by atoms with Gasteiger partial charge < -0.3 is 19.5 Å². The molecule has 0 aromatic carbocycles. The van der Waals surface area contributed by atoms with E-state index < -0.39 is 11.7 Å². The molecule has 1 amide bonds. The lowest BCUT2D eigenvalue weighted by atomic mass is 10.0. The van der Waals surface area contributed by atoms with E-state index in [-0.39, 0.29) is 18.1 Å². The molecule has 0 aromatic rings. The van der Waals surface area contributed by atoms with Crippen molar-refractivity contribution < 1.29 is 19.4 Å². The lowest BCUT2D eigenvalue weighted by molar-refractivity contribution is 0.0192. The number of aliphatic hydroxyl groups excluding tert-OH is 1. The van der Waals surface area contributed by atoms with Gasteiger partial charge in [0.05, 0.1) is 25.4 Å². The second-order valence-electron chi connectivity index (χ2n) is 5.49. The van der Waals surface area contributed by atoms with Crippen LogP contribution in [0.5, 0.6) is 0 Å². The fourth-order valence-corrected chi connectivity index (χ4v) is 2.17. The molecule has 0 aliphatic carbocycles. The lowest BCUT2D eigenvalue weighted by Crippen LogP contribution is -2.37. The molecule has 3 atom stereocenters. The highest BCUT2D eigenvalue weighted by molar-refractivity contribution is 5.68. The maximum absolute atomic E-state index is 11.8. The van der Waals surface area contributed by atoms with Crippen molar-refractivity contribution >= 4 is 6.09 Å². The van der Waals surface area contributed by atoms with Gasteiger partial charge in [0.1, 0.15) is 5.60 Å². The van der Waals surface area contributed by atoms with E-state index in [1.807, 2.05) is 20.8 Å². The van der Waals surface area contributed by atoms with Gasteiger partial charge >= 0.3 is 6.09 Å². The van der Waals surface area contributed by atoms with Crippen LogP contribution in [-0.4, -0.2) is 53.6 Å². The van der Waals surface area contributed by atoms with Gasteiger partial charge in [-0.1, -0.05) is 0 Å². The third-order valence-electron chi connectivity index (χ3n) is 2.94. The number of ether oxygens (including phenoxy) is 2. The number of likely N-dealkylation sites (tertiary alicyclic amines) is 1. The summed E-state index contributed by atoms with van der Waals surface area (Å²) in [5.74, 6) is 0.0486. The van der Waals surface area contributed by atoms with Crippen molar-refractivity contribution in [1.82, 2.24) is 4.90 Å². The summed E-state index contributed by atoms with van der Waals surface area (Å²) in [5, 5.41) is 9.63. The highest BCUT2D eigenvalue weighted by atomic mass is 16.6. The average molecular weight is 229 g/mol. The average Bonchev–Trinajstić information content (AvgIpc) is 2.65. The number of fused-ring (bicyclic) bond motifs is 1. The molecule has 2 unspecified atom stereocenters. The second-order valence-corrected chi connectivity index (χ2v) is 5.49. The molecule has 0 saturated carbocycles. The van der Waals surface area contributed by atoms with E-state index in [0.717, 1.165) is 0 Å². The largest absolute Gasteiger partial charge is 0.444 e. The van der Waals surface area contributed by atoms with Gasteiger partial charge in [0, 0.05) is 12.5 Å². The predicted molar refractivity (Wildman–Crippen MR) is 57.0 cm³/mol. The zero-order valence-corrected chi connectivity index (χ0v) is 9.97. The molecule has 0 radical (unpaired) electrons. The van der Waals surface area contributed by atoms with Crippen LogP contribution in [0.2, 0.25) is 0 Å². The Kier molecular flexibility index (Phi) is 2.84. The fourth-order valence-electron chi connectivity index (χ4n) is 2.17. The first-order valence-corrected chi connectivity index (χ1v) is 5.64. The Bertz CT molecular complexity index is 286. The van der Waals surface area contributed by atoms with Gasteiger partial charge in [-0.3, -0.25) is 0 Å². The van der Waals surface area contributed by atoms with Crippen LogP contribution in [-0.2, 0) is 9.47 Å². The molecule has 2 heterocycles. The third kappa shape index (κ3) is 2.30. The van der Waals surface area contributed by atoms with Gasteiger partial charge in [0.25, 0.3) is 0 Å². The molecule has 2 rings (SSSR count). The molecule has 5 nitrogen and oxygen atoms in total. The minimum atomic E-state index is -0.478. The van der Waals surface area contributed by atoms with Crippen molar-refractivity contribution in [1.29, 1.82) is 0 Å². The smallest absolute Gasteiger partial charge is 0.410 e. The van der Waals surface area contributed by atoms with E-state index in [9.17, 15) is 9.90 Å². The molecular formula is C11H19NO4. The topological polar surface area (TPSA) is 59.0 Å². The molecule has 2 aliphatic rings. The van der Waals surface area contributed by atoms with Crippen LogP contribution >= 0.6 is 0 Å². The summed E-state index contributed by atoms with van der Waals surface area (Å²) in [4.78, 5) is 13.4. The first-order chi connectivity index (χ1) is 7.37. The normalized spacial score (nSPS) is 34.0. The first kappa shape index (κ1) is 11.7. The van der Waals surface area contributed by atoms with Crippen molar-refractivity contribution in [3.63, 3.8) is 0 Å². The maximum atomic E-state index is 11.8. The maximum Gasteiger partial charge on any atom is 0.410 e. The van der Waals surface area contributed by atoms with Crippen LogP contribution in [0.1, 0.15) is 20.8 Å². The molecule has 0 spiro atoms. The number of hydrogen-bond acceptors (Lipinski definition) is 4. The van der Waals surface area contributed by atoms with E-state index in [0.29, 0.717) is 19.7 Å². The quantitative estimate of drug-likeness (QED) is 0.661. The third-order valence-corrected chi connectivity index (χ3v) is 2.94. The number of aliphatic hydroxyl groups is 1. The molecule has 2 fully saturated rings. The Labute approximate surface area is 95.3 Å². The number of carbonyl (C=O) groups excluding carboxylic acids is 1. The number of rotatable bonds is 0. The fraction of sp³-hybridized carbons (Fsp3) is 0.909. The second kappa shape index (κ2) is 3.89. The highest BCUT2D eigenvalue weighted by Gasteiger charge is 2.45. The molecule has 0 aromatic heterocycles. The summed E-state index contributed by atoms with van der Waals surface area (Å²) in [7, 11) is 0. The zero-order chi connectivity index (χ0) is 11.9. The Morgan fingerprint density at radius 2 is 2.12 bits per heavy atom. The van der Waals surface area contributed by atoms with Crippen LogP contribution in [0.25, 0.3) is 0 Å². The van der Waals surface area contributed by atoms with Crippen LogP contribution < -0.4 is 0 Å². The summed E-state index contributed by atoms with van der Waals surface area (Å²) in [5.41, 5.74) is -0.478. The molecular weight excluding hydrogens is 210 g/mol. The molecule has 16 heavy (non-hydrogen) atoms. The molecule has 1 N–H and O–H groups in total. The number of carbonyl (C=O) groups is 1. The molecule has 0 bridgehead atoms. The molecule has 2 saturated heterocycles. The van der Waals surface area contributed by atoms with Crippen LogP contribution in [0.4, 0.5) is 4.79 Å². The van der Waals surface area contributed by atoms with Gasteiger partial charge in [0.15, 0.2) is 0 Å². The van der Waals surface area contributed by atoms with Gasteiger partial charge in [-0.2, -0.15) is 0 Å². The lowest BCUT2D eigenvalue weighted by Gasteiger charge is -2.25. The number of hydrogen-bond donors (Lipinski definition) is 1.